The molecule has 1 aromatic heterocycles. The number of carbonyl (C=O) groups excluding carboxylic acids is 1. The molecule has 1 aromatic carbocycles. The van der Waals surface area contributed by atoms with Crippen molar-refractivity contribution in [1.29, 1.82) is 0 Å². The summed E-state index contributed by atoms with van der Waals surface area (Å²) in [6.45, 7) is 6.53. The van der Waals surface area contributed by atoms with Crippen molar-refractivity contribution in [3.05, 3.63) is 46.8 Å². The summed E-state index contributed by atoms with van der Waals surface area (Å²) in [4.78, 5) is 12.5. The van der Waals surface area contributed by atoms with Gasteiger partial charge in [0, 0.05) is 23.9 Å². The van der Waals surface area contributed by atoms with Crippen molar-refractivity contribution in [2.45, 2.75) is 39.3 Å². The standard InChI is InChI=1S/C18H24N4O2/c1-5-14(17-11(2)21-22(4)12(17)3)19-18(23)20-15-10-24-16-9-7-6-8-13(15)16/h6-9,14-15H,5,10H2,1-4H3,(H2,19,20,23). The van der Waals surface area contributed by atoms with Gasteiger partial charge in [0.1, 0.15) is 12.4 Å². The lowest BCUT2D eigenvalue weighted by atomic mass is 10.0. The Balaban J connectivity index is 1.70. The second-order valence-corrected chi connectivity index (χ2v) is 6.19. The number of nitrogens with zero attached hydrogens (tertiary/aromatic N) is 2. The van der Waals surface area contributed by atoms with E-state index in [0.717, 1.165) is 34.7 Å². The van der Waals surface area contributed by atoms with Crippen LogP contribution in [0.4, 0.5) is 4.79 Å². The predicted molar refractivity (Wildman–Crippen MR) is 92.1 cm³/mol. The Hall–Kier alpha value is -2.50. The van der Waals surface area contributed by atoms with Crippen molar-refractivity contribution in [3.8, 4) is 5.75 Å². The number of nitrogens with one attached hydrogen (secondary N) is 2. The van der Waals surface area contributed by atoms with Gasteiger partial charge in [0.15, 0.2) is 0 Å². The topological polar surface area (TPSA) is 68.2 Å². The van der Waals surface area contributed by atoms with Crippen LogP contribution in [0.3, 0.4) is 0 Å². The highest BCUT2D eigenvalue weighted by atomic mass is 16.5. The van der Waals surface area contributed by atoms with E-state index in [0.29, 0.717) is 6.61 Å². The fourth-order valence-electron chi connectivity index (χ4n) is 3.31. The van der Waals surface area contributed by atoms with E-state index in [9.17, 15) is 4.79 Å². The lowest BCUT2D eigenvalue weighted by Gasteiger charge is -2.20. The van der Waals surface area contributed by atoms with Crippen molar-refractivity contribution in [1.82, 2.24) is 20.4 Å². The highest BCUT2D eigenvalue weighted by molar-refractivity contribution is 5.75. The first-order valence-corrected chi connectivity index (χ1v) is 8.30. The van der Waals surface area contributed by atoms with Crippen LogP contribution in [0.25, 0.3) is 0 Å². The monoisotopic (exact) mass is 328 g/mol. The zero-order valence-corrected chi connectivity index (χ0v) is 14.6. The van der Waals surface area contributed by atoms with Crippen molar-refractivity contribution in [3.63, 3.8) is 0 Å². The van der Waals surface area contributed by atoms with Gasteiger partial charge in [-0.3, -0.25) is 4.68 Å². The molecule has 0 radical (unpaired) electrons. The van der Waals surface area contributed by atoms with E-state index in [4.69, 9.17) is 4.74 Å². The normalized spacial score (nSPS) is 17.1. The Morgan fingerprint density at radius 3 is 2.83 bits per heavy atom. The molecule has 1 aliphatic heterocycles. The molecule has 0 fully saturated rings. The number of hydrogen-bond donors (Lipinski definition) is 2. The SMILES string of the molecule is CCC(NC(=O)NC1COc2ccccc21)c1c(C)nn(C)c1C. The highest BCUT2D eigenvalue weighted by Gasteiger charge is 2.27. The van der Waals surface area contributed by atoms with Gasteiger partial charge in [0.05, 0.1) is 17.8 Å². The molecule has 128 valence electrons. The van der Waals surface area contributed by atoms with Crippen LogP contribution < -0.4 is 15.4 Å². The van der Waals surface area contributed by atoms with E-state index in [1.165, 1.54) is 0 Å². The summed E-state index contributed by atoms with van der Waals surface area (Å²) in [5.41, 5.74) is 4.15. The average Bonchev–Trinajstić information content (AvgIpc) is 3.07. The fraction of sp³-hybridized carbons (Fsp3) is 0.444. The maximum absolute atomic E-state index is 12.5. The lowest BCUT2D eigenvalue weighted by Crippen LogP contribution is -2.40. The number of hydrogen-bond acceptors (Lipinski definition) is 3. The van der Waals surface area contributed by atoms with Crippen molar-refractivity contribution < 1.29 is 9.53 Å². The van der Waals surface area contributed by atoms with Gasteiger partial charge >= 0.3 is 6.03 Å². The molecule has 1 aliphatic rings. The molecule has 0 saturated heterocycles. The van der Waals surface area contributed by atoms with Crippen LogP contribution >= 0.6 is 0 Å². The Morgan fingerprint density at radius 1 is 1.42 bits per heavy atom. The highest BCUT2D eigenvalue weighted by Crippen LogP contribution is 2.31. The van der Waals surface area contributed by atoms with E-state index in [1.54, 1.807) is 0 Å². The van der Waals surface area contributed by atoms with Crippen molar-refractivity contribution in [2.75, 3.05) is 6.61 Å². The minimum Gasteiger partial charge on any atom is -0.491 e. The van der Waals surface area contributed by atoms with Crippen LogP contribution in [0.2, 0.25) is 0 Å². The Bertz CT molecular complexity index is 753. The molecule has 2 N–H and O–H groups in total. The van der Waals surface area contributed by atoms with Crippen molar-refractivity contribution >= 4 is 6.03 Å². The molecule has 6 nitrogen and oxygen atoms in total. The number of benzene rings is 1. The van der Waals surface area contributed by atoms with Crippen LogP contribution in [-0.2, 0) is 7.05 Å². The summed E-state index contributed by atoms with van der Waals surface area (Å²) >= 11 is 0. The molecule has 2 heterocycles. The number of para-hydroxylation sites is 1. The smallest absolute Gasteiger partial charge is 0.315 e. The van der Waals surface area contributed by atoms with Gasteiger partial charge in [-0.05, 0) is 26.3 Å². The van der Waals surface area contributed by atoms with Crippen LogP contribution in [0.1, 0.15) is 47.9 Å². The summed E-state index contributed by atoms with van der Waals surface area (Å²) in [6, 6.07) is 7.44. The number of carbonyl (C=O) groups is 1. The van der Waals surface area contributed by atoms with Crippen LogP contribution in [0.15, 0.2) is 24.3 Å². The summed E-state index contributed by atoms with van der Waals surface area (Å²) in [5.74, 6) is 0.841. The Kier molecular flexibility index (Phi) is 4.46. The first kappa shape index (κ1) is 16.4. The third-order valence-electron chi connectivity index (χ3n) is 4.63. The molecule has 2 atom stereocenters. The third kappa shape index (κ3) is 2.96. The van der Waals surface area contributed by atoms with E-state index < -0.39 is 0 Å². The molecular weight excluding hydrogens is 304 g/mol. The molecule has 0 bridgehead atoms. The molecule has 2 amide bonds. The number of aryl methyl sites for hydroxylation is 2. The molecule has 6 heteroatoms. The van der Waals surface area contributed by atoms with Gasteiger partial charge in [0.25, 0.3) is 0 Å². The fourth-order valence-corrected chi connectivity index (χ4v) is 3.31. The maximum Gasteiger partial charge on any atom is 0.315 e. The van der Waals surface area contributed by atoms with Gasteiger partial charge in [-0.2, -0.15) is 5.10 Å². The summed E-state index contributed by atoms with van der Waals surface area (Å²) in [6.07, 6.45) is 0.804. The molecule has 2 unspecified atom stereocenters. The van der Waals surface area contributed by atoms with E-state index >= 15 is 0 Å². The van der Waals surface area contributed by atoms with Gasteiger partial charge in [-0.25, -0.2) is 4.79 Å². The second kappa shape index (κ2) is 6.55. The molecule has 0 saturated carbocycles. The first-order chi connectivity index (χ1) is 11.5. The summed E-state index contributed by atoms with van der Waals surface area (Å²) < 4.78 is 7.47. The maximum atomic E-state index is 12.5. The lowest BCUT2D eigenvalue weighted by molar-refractivity contribution is 0.228. The molecule has 2 aromatic rings. The second-order valence-electron chi connectivity index (χ2n) is 6.19. The zero-order valence-electron chi connectivity index (χ0n) is 14.6. The van der Waals surface area contributed by atoms with Gasteiger partial charge < -0.3 is 15.4 Å². The largest absolute Gasteiger partial charge is 0.491 e. The Labute approximate surface area is 142 Å². The average molecular weight is 328 g/mol. The Morgan fingerprint density at radius 2 is 2.17 bits per heavy atom. The number of ether oxygens (including phenoxy) is 1. The van der Waals surface area contributed by atoms with Crippen LogP contribution in [-0.4, -0.2) is 22.4 Å². The number of amides is 2. The van der Waals surface area contributed by atoms with Crippen LogP contribution in [0, 0.1) is 13.8 Å². The van der Waals surface area contributed by atoms with E-state index in [1.807, 2.05) is 49.8 Å². The number of aromatic nitrogens is 2. The number of urea groups is 1. The van der Waals surface area contributed by atoms with E-state index in [2.05, 4.69) is 22.7 Å². The van der Waals surface area contributed by atoms with Gasteiger partial charge in [0.2, 0.25) is 0 Å². The number of fused-ring (bicyclic) bond motifs is 1. The van der Waals surface area contributed by atoms with Gasteiger partial charge in [-0.15, -0.1) is 0 Å². The van der Waals surface area contributed by atoms with E-state index in [-0.39, 0.29) is 18.1 Å². The molecule has 0 aliphatic carbocycles. The molecular formula is C18H24N4O2. The summed E-state index contributed by atoms with van der Waals surface area (Å²) in [5, 5.41) is 10.5. The predicted octanol–water partition coefficient (Wildman–Crippen LogP) is 2.92. The van der Waals surface area contributed by atoms with Crippen molar-refractivity contribution in [2.24, 2.45) is 7.05 Å². The molecule has 0 spiro atoms. The first-order valence-electron chi connectivity index (χ1n) is 8.30. The molecule has 3 rings (SSSR count). The minimum atomic E-state index is -0.185. The minimum absolute atomic E-state index is 0.0590. The third-order valence-corrected chi connectivity index (χ3v) is 4.63. The quantitative estimate of drug-likeness (QED) is 0.907. The summed E-state index contributed by atoms with van der Waals surface area (Å²) in [7, 11) is 1.92. The van der Waals surface area contributed by atoms with Gasteiger partial charge in [-0.1, -0.05) is 25.1 Å². The van der Waals surface area contributed by atoms with Crippen LogP contribution in [0.5, 0.6) is 5.75 Å². The number of rotatable bonds is 4. The zero-order chi connectivity index (χ0) is 17.3. The molecule has 24 heavy (non-hydrogen) atoms.